The van der Waals surface area contributed by atoms with Crippen LogP contribution in [-0.2, 0) is 10.5 Å². The van der Waals surface area contributed by atoms with Crippen LogP contribution in [0, 0.1) is 0 Å². The normalized spacial score (nSPS) is 23.4. The lowest BCUT2D eigenvalue weighted by atomic mass is 9.95. The molecular weight excluding hydrogens is 360 g/mol. The summed E-state index contributed by atoms with van der Waals surface area (Å²) in [6.45, 7) is 2.38. The first-order valence-electron chi connectivity index (χ1n) is 8.88. The second-order valence-electron chi connectivity index (χ2n) is 6.96. The van der Waals surface area contributed by atoms with E-state index in [2.05, 4.69) is 4.98 Å². The third kappa shape index (κ3) is 2.27. The number of hydrogen-bond donors (Lipinski definition) is 0. The van der Waals surface area contributed by atoms with Crippen molar-refractivity contribution in [1.29, 1.82) is 0 Å². The van der Waals surface area contributed by atoms with Crippen molar-refractivity contribution in [2.75, 3.05) is 6.61 Å². The predicted molar refractivity (Wildman–Crippen MR) is 103 cm³/mol. The Morgan fingerprint density at radius 2 is 1.85 bits per heavy atom. The van der Waals surface area contributed by atoms with Gasteiger partial charge >= 0.3 is 0 Å². The molecule has 2 aliphatic rings. The Morgan fingerprint density at radius 1 is 1.11 bits per heavy atom. The van der Waals surface area contributed by atoms with Gasteiger partial charge in [0.2, 0.25) is 0 Å². The highest BCUT2D eigenvalue weighted by molar-refractivity contribution is 6.34. The average Bonchev–Trinajstić information content (AvgIpc) is 3.03. The number of carbonyl (C=O) groups is 1. The Hall–Kier alpha value is -2.69. The number of ether oxygens (including phenoxy) is 1. The van der Waals surface area contributed by atoms with Crippen LogP contribution in [0.3, 0.4) is 0 Å². The summed E-state index contributed by atoms with van der Waals surface area (Å²) >= 11 is 6.48. The van der Waals surface area contributed by atoms with Gasteiger partial charge in [-0.1, -0.05) is 66.2 Å². The van der Waals surface area contributed by atoms with Crippen LogP contribution in [0.1, 0.15) is 34.5 Å². The molecule has 0 radical (unpaired) electrons. The zero-order chi connectivity index (χ0) is 18.6. The van der Waals surface area contributed by atoms with E-state index in [1.807, 2.05) is 66.4 Å². The number of aromatic nitrogens is 1. The molecule has 0 aliphatic carbocycles. The fourth-order valence-electron chi connectivity index (χ4n) is 4.21. The van der Waals surface area contributed by atoms with Gasteiger partial charge < -0.3 is 4.74 Å². The zero-order valence-electron chi connectivity index (χ0n) is 14.7. The van der Waals surface area contributed by atoms with Gasteiger partial charge in [-0.3, -0.25) is 14.7 Å². The lowest BCUT2D eigenvalue weighted by molar-refractivity contribution is -0.0598. The molecule has 1 saturated heterocycles. The highest BCUT2D eigenvalue weighted by Gasteiger charge is 2.52. The average molecular weight is 377 g/mol. The van der Waals surface area contributed by atoms with E-state index in [9.17, 15) is 4.79 Å². The molecule has 5 heteroatoms. The Labute approximate surface area is 162 Å². The van der Waals surface area contributed by atoms with E-state index in [0.717, 1.165) is 16.7 Å². The van der Waals surface area contributed by atoms with E-state index in [0.29, 0.717) is 22.9 Å². The maximum atomic E-state index is 13.7. The number of pyridine rings is 1. The number of rotatable bonds is 1. The van der Waals surface area contributed by atoms with E-state index in [4.69, 9.17) is 16.3 Å². The summed E-state index contributed by atoms with van der Waals surface area (Å²) in [5.41, 5.74) is 2.98. The fraction of sp³-hybridized carbons (Fsp3) is 0.182. The van der Waals surface area contributed by atoms with Gasteiger partial charge in [-0.25, -0.2) is 0 Å². The summed E-state index contributed by atoms with van der Waals surface area (Å²) < 4.78 is 6.29. The minimum atomic E-state index is -0.891. The second kappa shape index (κ2) is 5.91. The first-order chi connectivity index (χ1) is 13.1. The van der Waals surface area contributed by atoms with Crippen LogP contribution in [0.2, 0.25) is 5.02 Å². The van der Waals surface area contributed by atoms with Crippen molar-refractivity contribution in [1.82, 2.24) is 9.88 Å². The third-order valence-electron chi connectivity index (χ3n) is 5.49. The summed E-state index contributed by atoms with van der Waals surface area (Å²) in [7, 11) is 0. The van der Waals surface area contributed by atoms with Crippen LogP contribution in [0.4, 0.5) is 0 Å². The van der Waals surface area contributed by atoms with Crippen molar-refractivity contribution >= 4 is 17.5 Å². The van der Waals surface area contributed by atoms with E-state index in [-0.39, 0.29) is 11.9 Å². The van der Waals surface area contributed by atoms with Crippen molar-refractivity contribution < 1.29 is 9.53 Å². The standard InChI is InChI=1S/C22H17ClN2O2/c1-22-16-10-6-5-9-15(16)20-19(17(23)11-12-24-20)21(26)25(22)18(13-27-22)14-7-3-2-4-8-14/h2-12,18H,13H2,1H3/t18-,22-/m0/s1. The minimum Gasteiger partial charge on any atom is -0.349 e. The van der Waals surface area contributed by atoms with E-state index >= 15 is 0 Å². The fourth-order valence-corrected chi connectivity index (χ4v) is 4.43. The summed E-state index contributed by atoms with van der Waals surface area (Å²) in [6.07, 6.45) is 1.64. The lowest BCUT2D eigenvalue weighted by Crippen LogP contribution is -2.44. The molecule has 2 aromatic carbocycles. The molecule has 0 bridgehead atoms. The maximum Gasteiger partial charge on any atom is 0.260 e. The molecule has 1 amide bonds. The van der Waals surface area contributed by atoms with Crippen LogP contribution in [0.5, 0.6) is 0 Å². The Balaban J connectivity index is 1.81. The first-order valence-corrected chi connectivity index (χ1v) is 9.26. The van der Waals surface area contributed by atoms with Crippen LogP contribution in [-0.4, -0.2) is 22.4 Å². The van der Waals surface area contributed by atoms with E-state index < -0.39 is 5.72 Å². The molecule has 0 spiro atoms. The highest BCUT2D eigenvalue weighted by Crippen LogP contribution is 2.50. The predicted octanol–water partition coefficient (Wildman–Crippen LogP) is 4.80. The number of benzene rings is 2. The van der Waals surface area contributed by atoms with Gasteiger partial charge in [-0.05, 0) is 18.6 Å². The summed E-state index contributed by atoms with van der Waals surface area (Å²) in [5.74, 6) is -0.159. The highest BCUT2D eigenvalue weighted by atomic mass is 35.5. The van der Waals surface area contributed by atoms with Crippen molar-refractivity contribution in [3.63, 3.8) is 0 Å². The number of carbonyl (C=O) groups excluding carboxylic acids is 1. The summed E-state index contributed by atoms with van der Waals surface area (Å²) in [5, 5.41) is 0.405. The third-order valence-corrected chi connectivity index (χ3v) is 5.81. The molecule has 2 atom stereocenters. The Morgan fingerprint density at radius 3 is 2.67 bits per heavy atom. The van der Waals surface area contributed by atoms with Crippen LogP contribution < -0.4 is 0 Å². The first kappa shape index (κ1) is 16.5. The number of fused-ring (bicyclic) bond motifs is 5. The molecule has 1 aromatic heterocycles. The van der Waals surface area contributed by atoms with Crippen LogP contribution >= 0.6 is 11.6 Å². The molecule has 0 saturated carbocycles. The molecule has 1 fully saturated rings. The molecule has 3 heterocycles. The molecular formula is C22H17ClN2O2. The Bertz CT molecular complexity index is 1050. The lowest BCUT2D eigenvalue weighted by Gasteiger charge is -2.36. The van der Waals surface area contributed by atoms with Crippen molar-refractivity contribution in [2.45, 2.75) is 18.7 Å². The topological polar surface area (TPSA) is 42.4 Å². The molecule has 0 unspecified atom stereocenters. The van der Waals surface area contributed by atoms with E-state index in [1.54, 1.807) is 12.3 Å². The molecule has 5 rings (SSSR count). The van der Waals surface area contributed by atoms with Crippen LogP contribution in [0.25, 0.3) is 11.3 Å². The van der Waals surface area contributed by atoms with Gasteiger partial charge in [-0.15, -0.1) is 0 Å². The molecule has 4 nitrogen and oxygen atoms in total. The van der Waals surface area contributed by atoms with Gasteiger partial charge in [0.1, 0.15) is 0 Å². The number of halogens is 1. The smallest absolute Gasteiger partial charge is 0.260 e. The van der Waals surface area contributed by atoms with Gasteiger partial charge in [0.05, 0.1) is 28.9 Å². The van der Waals surface area contributed by atoms with E-state index in [1.165, 1.54) is 0 Å². The maximum absolute atomic E-state index is 13.7. The largest absolute Gasteiger partial charge is 0.349 e. The molecule has 134 valence electrons. The van der Waals surface area contributed by atoms with Crippen molar-refractivity contribution in [3.05, 3.63) is 88.6 Å². The molecule has 2 aliphatic heterocycles. The monoisotopic (exact) mass is 376 g/mol. The summed E-state index contributed by atoms with van der Waals surface area (Å²) in [4.78, 5) is 20.0. The second-order valence-corrected chi connectivity index (χ2v) is 7.36. The number of amides is 1. The van der Waals surface area contributed by atoms with Crippen molar-refractivity contribution in [2.24, 2.45) is 0 Å². The number of hydrogen-bond acceptors (Lipinski definition) is 3. The van der Waals surface area contributed by atoms with Crippen LogP contribution in [0.15, 0.2) is 66.9 Å². The Kier molecular flexibility index (Phi) is 3.61. The quantitative estimate of drug-likeness (QED) is 0.612. The zero-order valence-corrected chi connectivity index (χ0v) is 15.5. The SMILES string of the molecule is C[C@@]12OC[C@@H](c3ccccc3)N1C(=O)c1c(Cl)ccnc1-c1ccccc12. The minimum absolute atomic E-state index is 0.159. The van der Waals surface area contributed by atoms with Gasteiger partial charge in [0.15, 0.2) is 5.72 Å². The molecule has 0 N–H and O–H groups in total. The molecule has 27 heavy (non-hydrogen) atoms. The molecule has 3 aromatic rings. The van der Waals surface area contributed by atoms with Gasteiger partial charge in [0.25, 0.3) is 5.91 Å². The van der Waals surface area contributed by atoms with Gasteiger partial charge in [-0.2, -0.15) is 0 Å². The van der Waals surface area contributed by atoms with Gasteiger partial charge in [0, 0.05) is 17.3 Å². The van der Waals surface area contributed by atoms with Crippen molar-refractivity contribution in [3.8, 4) is 11.3 Å². The number of nitrogens with zero attached hydrogens (tertiary/aromatic N) is 2. The summed E-state index contributed by atoms with van der Waals surface area (Å²) in [6, 6.07) is 19.3.